The third kappa shape index (κ3) is 2.02. The van der Waals surface area contributed by atoms with Crippen molar-refractivity contribution < 1.29 is 19.0 Å². The minimum absolute atomic E-state index is 0.227. The van der Waals surface area contributed by atoms with E-state index in [-0.39, 0.29) is 12.1 Å². The molecule has 1 aliphatic heterocycles. The van der Waals surface area contributed by atoms with Crippen LogP contribution < -0.4 is 4.74 Å². The molecule has 0 saturated carbocycles. The van der Waals surface area contributed by atoms with Crippen LogP contribution in [0.5, 0.6) is 5.75 Å². The van der Waals surface area contributed by atoms with Crippen LogP contribution in [0.1, 0.15) is 18.6 Å². The summed E-state index contributed by atoms with van der Waals surface area (Å²) < 4.78 is 15.4. The van der Waals surface area contributed by atoms with Gasteiger partial charge in [-0.2, -0.15) is 0 Å². The number of para-hydroxylation sites is 1. The van der Waals surface area contributed by atoms with E-state index in [4.69, 9.17) is 14.2 Å². The molecular formula is C12H14O4. The van der Waals surface area contributed by atoms with Crippen molar-refractivity contribution in [2.75, 3.05) is 13.7 Å². The first-order chi connectivity index (χ1) is 7.77. The molecule has 0 aromatic heterocycles. The van der Waals surface area contributed by atoms with Crippen LogP contribution in [0.25, 0.3) is 0 Å². The molecule has 1 fully saturated rings. The molecule has 4 heteroatoms. The fourth-order valence-electron chi connectivity index (χ4n) is 1.65. The second kappa shape index (κ2) is 4.53. The third-order valence-electron chi connectivity index (χ3n) is 2.46. The first kappa shape index (κ1) is 11.0. The van der Waals surface area contributed by atoms with Crippen molar-refractivity contribution in [3.05, 3.63) is 29.8 Å². The molecule has 1 heterocycles. The van der Waals surface area contributed by atoms with Gasteiger partial charge < -0.3 is 14.2 Å². The van der Waals surface area contributed by atoms with Crippen LogP contribution in [-0.2, 0) is 14.3 Å². The SMILES string of the molecule is CCOC(=O)[C@H]1O[C@@H]1c1ccccc1OC. The lowest BCUT2D eigenvalue weighted by atomic mass is 10.1. The Balaban J connectivity index is 2.08. The van der Waals surface area contributed by atoms with Gasteiger partial charge in [-0.25, -0.2) is 4.79 Å². The van der Waals surface area contributed by atoms with Gasteiger partial charge in [0.15, 0.2) is 6.10 Å². The van der Waals surface area contributed by atoms with E-state index in [1.54, 1.807) is 14.0 Å². The maximum atomic E-state index is 11.4. The van der Waals surface area contributed by atoms with Crippen molar-refractivity contribution in [3.8, 4) is 5.75 Å². The number of carbonyl (C=O) groups is 1. The van der Waals surface area contributed by atoms with Crippen molar-refractivity contribution in [3.63, 3.8) is 0 Å². The van der Waals surface area contributed by atoms with Crippen LogP contribution in [0.4, 0.5) is 0 Å². The lowest BCUT2D eigenvalue weighted by Crippen LogP contribution is -2.12. The van der Waals surface area contributed by atoms with Crippen molar-refractivity contribution in [2.45, 2.75) is 19.1 Å². The van der Waals surface area contributed by atoms with E-state index in [9.17, 15) is 4.79 Å². The van der Waals surface area contributed by atoms with Crippen molar-refractivity contribution in [1.29, 1.82) is 0 Å². The topological polar surface area (TPSA) is 48.1 Å². The second-order valence-corrected chi connectivity index (χ2v) is 3.47. The molecule has 86 valence electrons. The maximum absolute atomic E-state index is 11.4. The summed E-state index contributed by atoms with van der Waals surface area (Å²) in [4.78, 5) is 11.4. The molecular weight excluding hydrogens is 208 g/mol. The molecule has 0 radical (unpaired) electrons. The molecule has 4 nitrogen and oxygen atoms in total. The van der Waals surface area contributed by atoms with Gasteiger partial charge in [0.1, 0.15) is 11.9 Å². The Labute approximate surface area is 94.1 Å². The summed E-state index contributed by atoms with van der Waals surface area (Å²) in [6.07, 6.45) is -0.702. The van der Waals surface area contributed by atoms with E-state index >= 15 is 0 Å². The lowest BCUT2D eigenvalue weighted by molar-refractivity contribution is -0.144. The Morgan fingerprint density at radius 1 is 1.44 bits per heavy atom. The number of methoxy groups -OCH3 is 1. The molecule has 2 atom stereocenters. The second-order valence-electron chi connectivity index (χ2n) is 3.47. The van der Waals surface area contributed by atoms with Gasteiger partial charge in [-0.05, 0) is 13.0 Å². The molecule has 1 saturated heterocycles. The molecule has 16 heavy (non-hydrogen) atoms. The smallest absolute Gasteiger partial charge is 0.338 e. The predicted octanol–water partition coefficient (Wildman–Crippen LogP) is 1.70. The number of carbonyl (C=O) groups excluding carboxylic acids is 1. The molecule has 1 aromatic rings. The third-order valence-corrected chi connectivity index (χ3v) is 2.46. The average molecular weight is 222 g/mol. The highest BCUT2D eigenvalue weighted by Gasteiger charge is 2.48. The van der Waals surface area contributed by atoms with Gasteiger partial charge >= 0.3 is 5.97 Å². The first-order valence-electron chi connectivity index (χ1n) is 5.23. The first-order valence-corrected chi connectivity index (χ1v) is 5.23. The molecule has 0 spiro atoms. The van der Waals surface area contributed by atoms with E-state index in [2.05, 4.69) is 0 Å². The summed E-state index contributed by atoms with van der Waals surface area (Å²) in [5.41, 5.74) is 0.892. The largest absolute Gasteiger partial charge is 0.496 e. The minimum atomic E-state index is -0.476. The van der Waals surface area contributed by atoms with Crippen LogP contribution in [-0.4, -0.2) is 25.8 Å². The summed E-state index contributed by atoms with van der Waals surface area (Å²) >= 11 is 0. The van der Waals surface area contributed by atoms with E-state index < -0.39 is 6.10 Å². The molecule has 0 aliphatic carbocycles. The zero-order valence-corrected chi connectivity index (χ0v) is 9.30. The summed E-state index contributed by atoms with van der Waals surface area (Å²) in [6.45, 7) is 2.15. The maximum Gasteiger partial charge on any atom is 0.338 e. The van der Waals surface area contributed by atoms with Gasteiger partial charge in [0.2, 0.25) is 0 Å². The lowest BCUT2D eigenvalue weighted by Gasteiger charge is -2.04. The number of hydrogen-bond donors (Lipinski definition) is 0. The van der Waals surface area contributed by atoms with Crippen molar-refractivity contribution in [2.24, 2.45) is 0 Å². The standard InChI is InChI=1S/C12H14O4/c1-3-15-12(13)11-10(16-11)8-6-4-5-7-9(8)14-2/h4-7,10-11H,3H2,1-2H3/t10-,11+/m1/s1. The van der Waals surface area contributed by atoms with E-state index in [0.29, 0.717) is 6.61 Å². The molecule has 1 aromatic carbocycles. The minimum Gasteiger partial charge on any atom is -0.496 e. The molecule has 2 rings (SSSR count). The van der Waals surface area contributed by atoms with E-state index in [1.165, 1.54) is 0 Å². The normalized spacial score (nSPS) is 22.6. The van der Waals surface area contributed by atoms with Crippen molar-refractivity contribution >= 4 is 5.97 Å². The van der Waals surface area contributed by atoms with Gasteiger partial charge in [0.05, 0.1) is 13.7 Å². The quantitative estimate of drug-likeness (QED) is 0.574. The number of epoxide rings is 1. The average Bonchev–Trinajstić information content (AvgIpc) is 3.09. The number of esters is 1. The molecule has 0 amide bonds. The zero-order valence-electron chi connectivity index (χ0n) is 9.30. The summed E-state index contributed by atoms with van der Waals surface area (Å²) in [6, 6.07) is 7.51. The summed E-state index contributed by atoms with van der Waals surface area (Å²) in [5.74, 6) is 0.428. The Morgan fingerprint density at radius 3 is 2.88 bits per heavy atom. The Hall–Kier alpha value is -1.55. The Bertz CT molecular complexity index is 388. The number of ether oxygens (including phenoxy) is 3. The fraction of sp³-hybridized carbons (Fsp3) is 0.417. The highest BCUT2D eigenvalue weighted by atomic mass is 16.6. The number of hydrogen-bond acceptors (Lipinski definition) is 4. The predicted molar refractivity (Wildman–Crippen MR) is 57.2 cm³/mol. The Kier molecular flexibility index (Phi) is 3.10. The highest BCUT2D eigenvalue weighted by Crippen LogP contribution is 2.43. The fourth-order valence-corrected chi connectivity index (χ4v) is 1.65. The monoisotopic (exact) mass is 222 g/mol. The van der Waals surface area contributed by atoms with Crippen LogP contribution in [0.15, 0.2) is 24.3 Å². The summed E-state index contributed by atoms with van der Waals surface area (Å²) in [5, 5.41) is 0. The van der Waals surface area contributed by atoms with Gasteiger partial charge in [0.25, 0.3) is 0 Å². The highest BCUT2D eigenvalue weighted by molar-refractivity contribution is 5.78. The van der Waals surface area contributed by atoms with Crippen molar-refractivity contribution in [1.82, 2.24) is 0 Å². The van der Waals surface area contributed by atoms with Gasteiger partial charge in [0, 0.05) is 5.56 Å². The van der Waals surface area contributed by atoms with Crippen LogP contribution in [0.2, 0.25) is 0 Å². The Morgan fingerprint density at radius 2 is 2.19 bits per heavy atom. The molecule has 0 N–H and O–H groups in total. The van der Waals surface area contributed by atoms with Gasteiger partial charge in [-0.3, -0.25) is 0 Å². The van der Waals surface area contributed by atoms with Crippen LogP contribution >= 0.6 is 0 Å². The van der Waals surface area contributed by atoms with Crippen LogP contribution in [0, 0.1) is 0 Å². The summed E-state index contributed by atoms with van der Waals surface area (Å²) in [7, 11) is 1.60. The van der Waals surface area contributed by atoms with Crippen LogP contribution in [0.3, 0.4) is 0 Å². The van der Waals surface area contributed by atoms with E-state index in [1.807, 2.05) is 24.3 Å². The number of rotatable bonds is 4. The van der Waals surface area contributed by atoms with Gasteiger partial charge in [-0.15, -0.1) is 0 Å². The molecule has 0 unspecified atom stereocenters. The van der Waals surface area contributed by atoms with E-state index in [0.717, 1.165) is 11.3 Å². The van der Waals surface area contributed by atoms with Gasteiger partial charge in [-0.1, -0.05) is 18.2 Å². The zero-order chi connectivity index (χ0) is 11.5. The molecule has 1 aliphatic rings. The molecule has 0 bridgehead atoms. The number of benzene rings is 1.